The lowest BCUT2D eigenvalue weighted by Gasteiger charge is -2.13. The maximum atomic E-state index is 5.50. The van der Waals surface area contributed by atoms with Crippen LogP contribution in [0.15, 0.2) is 12.4 Å². The molecule has 2 heterocycles. The number of nitrogens with one attached hydrogen (secondary N) is 2. The van der Waals surface area contributed by atoms with E-state index in [-0.39, 0.29) is 6.10 Å². The zero-order valence-corrected chi connectivity index (χ0v) is 10.4. The van der Waals surface area contributed by atoms with Crippen molar-refractivity contribution in [3.05, 3.63) is 12.4 Å². The Morgan fingerprint density at radius 3 is 3.12 bits per heavy atom. The quantitative estimate of drug-likeness (QED) is 0.810. The third-order valence-electron chi connectivity index (χ3n) is 2.66. The molecule has 0 spiro atoms. The van der Waals surface area contributed by atoms with Crippen molar-refractivity contribution in [2.45, 2.75) is 38.8 Å². The van der Waals surface area contributed by atoms with E-state index in [1.165, 1.54) is 12.8 Å². The molecule has 5 nitrogen and oxygen atoms in total. The third kappa shape index (κ3) is 3.85. The second-order valence-electron chi connectivity index (χ2n) is 4.58. The van der Waals surface area contributed by atoms with E-state index in [1.807, 2.05) is 13.8 Å². The van der Waals surface area contributed by atoms with E-state index in [9.17, 15) is 0 Å². The Morgan fingerprint density at radius 1 is 1.53 bits per heavy atom. The second kappa shape index (κ2) is 5.82. The second-order valence-corrected chi connectivity index (χ2v) is 4.58. The highest BCUT2D eigenvalue weighted by atomic mass is 16.5. The summed E-state index contributed by atoms with van der Waals surface area (Å²) >= 11 is 0. The molecule has 1 aromatic rings. The van der Waals surface area contributed by atoms with Crippen LogP contribution in [0.5, 0.6) is 5.88 Å². The molecular formula is C12H20N4O. The van der Waals surface area contributed by atoms with E-state index in [2.05, 4.69) is 20.6 Å². The van der Waals surface area contributed by atoms with E-state index in [0.29, 0.717) is 11.9 Å². The minimum Gasteiger partial charge on any atom is -0.474 e. The topological polar surface area (TPSA) is 59.1 Å². The van der Waals surface area contributed by atoms with Crippen LogP contribution in [0.25, 0.3) is 0 Å². The SMILES string of the molecule is CC(C)Oc1cncc(NCC2CCCN2)n1. The molecule has 0 saturated carbocycles. The van der Waals surface area contributed by atoms with Gasteiger partial charge in [0.2, 0.25) is 5.88 Å². The summed E-state index contributed by atoms with van der Waals surface area (Å²) in [5.74, 6) is 1.35. The number of hydrogen-bond acceptors (Lipinski definition) is 5. The van der Waals surface area contributed by atoms with Gasteiger partial charge in [-0.25, -0.2) is 0 Å². The molecule has 2 N–H and O–H groups in total. The predicted molar refractivity (Wildman–Crippen MR) is 67.3 cm³/mol. The molecule has 17 heavy (non-hydrogen) atoms. The van der Waals surface area contributed by atoms with E-state index < -0.39 is 0 Å². The lowest BCUT2D eigenvalue weighted by Crippen LogP contribution is -2.29. The number of rotatable bonds is 5. The van der Waals surface area contributed by atoms with Crippen molar-refractivity contribution in [1.82, 2.24) is 15.3 Å². The van der Waals surface area contributed by atoms with Gasteiger partial charge in [0, 0.05) is 12.6 Å². The minimum absolute atomic E-state index is 0.121. The van der Waals surface area contributed by atoms with Crippen molar-refractivity contribution < 1.29 is 4.74 Å². The third-order valence-corrected chi connectivity index (χ3v) is 2.66. The highest BCUT2D eigenvalue weighted by Gasteiger charge is 2.13. The van der Waals surface area contributed by atoms with Gasteiger partial charge in [0.05, 0.1) is 18.5 Å². The molecule has 1 saturated heterocycles. The predicted octanol–water partition coefficient (Wildman–Crippen LogP) is 1.43. The maximum absolute atomic E-state index is 5.50. The largest absolute Gasteiger partial charge is 0.474 e. The molecule has 0 radical (unpaired) electrons. The van der Waals surface area contributed by atoms with Gasteiger partial charge >= 0.3 is 0 Å². The lowest BCUT2D eigenvalue weighted by atomic mass is 10.2. The van der Waals surface area contributed by atoms with Crippen LogP contribution >= 0.6 is 0 Å². The molecule has 2 rings (SSSR count). The van der Waals surface area contributed by atoms with Crippen LogP contribution < -0.4 is 15.4 Å². The standard InChI is InChI=1S/C12H20N4O/c1-9(2)17-12-8-13-7-11(16-12)15-6-10-4-3-5-14-10/h7-10,14H,3-6H2,1-2H3,(H,15,16). The Bertz CT molecular complexity index is 350. The van der Waals surface area contributed by atoms with Crippen molar-refractivity contribution >= 4 is 5.82 Å². The maximum Gasteiger partial charge on any atom is 0.234 e. The Morgan fingerprint density at radius 2 is 2.41 bits per heavy atom. The number of nitrogens with zero attached hydrogens (tertiary/aromatic N) is 2. The molecule has 0 aliphatic carbocycles. The lowest BCUT2D eigenvalue weighted by molar-refractivity contribution is 0.232. The van der Waals surface area contributed by atoms with Crippen molar-refractivity contribution in [3.8, 4) is 5.88 Å². The average Bonchev–Trinajstić information content (AvgIpc) is 2.79. The summed E-state index contributed by atoms with van der Waals surface area (Å²) in [7, 11) is 0. The van der Waals surface area contributed by atoms with Crippen LogP contribution in [0.4, 0.5) is 5.82 Å². The van der Waals surface area contributed by atoms with Gasteiger partial charge in [-0.15, -0.1) is 0 Å². The zero-order chi connectivity index (χ0) is 12.1. The summed E-state index contributed by atoms with van der Waals surface area (Å²) < 4.78 is 5.50. The van der Waals surface area contributed by atoms with E-state index in [0.717, 1.165) is 18.9 Å². The van der Waals surface area contributed by atoms with Crippen molar-refractivity contribution in [2.75, 3.05) is 18.4 Å². The van der Waals surface area contributed by atoms with Gasteiger partial charge < -0.3 is 15.4 Å². The Kier molecular flexibility index (Phi) is 4.14. The van der Waals surface area contributed by atoms with Crippen LogP contribution in [0, 0.1) is 0 Å². The fourth-order valence-electron chi connectivity index (χ4n) is 1.89. The van der Waals surface area contributed by atoms with Crippen molar-refractivity contribution in [2.24, 2.45) is 0 Å². The molecule has 1 atom stereocenters. The molecule has 94 valence electrons. The molecule has 0 bridgehead atoms. The Labute approximate surface area is 102 Å². The molecule has 1 aliphatic heterocycles. The van der Waals surface area contributed by atoms with Gasteiger partial charge in [-0.2, -0.15) is 4.98 Å². The molecule has 0 aromatic carbocycles. The summed E-state index contributed by atoms with van der Waals surface area (Å²) in [6, 6.07) is 0.548. The smallest absolute Gasteiger partial charge is 0.234 e. The summed E-state index contributed by atoms with van der Waals surface area (Å²) in [5.41, 5.74) is 0. The Balaban J connectivity index is 1.86. The van der Waals surface area contributed by atoms with Crippen LogP contribution in [0.1, 0.15) is 26.7 Å². The molecule has 1 fully saturated rings. The Hall–Kier alpha value is -1.36. The summed E-state index contributed by atoms with van der Waals surface area (Å²) in [6.07, 6.45) is 5.97. The van der Waals surface area contributed by atoms with Crippen LogP contribution in [-0.4, -0.2) is 35.2 Å². The summed E-state index contributed by atoms with van der Waals surface area (Å²) in [5, 5.41) is 6.72. The normalized spacial score (nSPS) is 19.6. The summed E-state index contributed by atoms with van der Waals surface area (Å²) in [4.78, 5) is 8.46. The van der Waals surface area contributed by atoms with Gasteiger partial charge in [0.25, 0.3) is 0 Å². The fraction of sp³-hybridized carbons (Fsp3) is 0.667. The van der Waals surface area contributed by atoms with Gasteiger partial charge in [0.1, 0.15) is 5.82 Å². The van der Waals surface area contributed by atoms with Gasteiger partial charge in [-0.1, -0.05) is 0 Å². The average molecular weight is 236 g/mol. The number of hydrogen-bond donors (Lipinski definition) is 2. The van der Waals surface area contributed by atoms with Crippen LogP contribution in [0.3, 0.4) is 0 Å². The van der Waals surface area contributed by atoms with E-state index in [1.54, 1.807) is 12.4 Å². The first-order valence-electron chi connectivity index (χ1n) is 6.20. The van der Waals surface area contributed by atoms with Gasteiger partial charge in [-0.05, 0) is 33.2 Å². The van der Waals surface area contributed by atoms with Crippen LogP contribution in [-0.2, 0) is 0 Å². The number of ether oxygens (including phenoxy) is 1. The first-order valence-corrected chi connectivity index (χ1v) is 6.20. The first kappa shape index (κ1) is 12.1. The molecule has 1 aliphatic rings. The monoisotopic (exact) mass is 236 g/mol. The first-order chi connectivity index (χ1) is 8.24. The van der Waals surface area contributed by atoms with E-state index >= 15 is 0 Å². The summed E-state index contributed by atoms with van der Waals surface area (Å²) in [6.45, 7) is 5.96. The highest BCUT2D eigenvalue weighted by Crippen LogP contribution is 2.11. The zero-order valence-electron chi connectivity index (χ0n) is 10.4. The molecular weight excluding hydrogens is 216 g/mol. The highest BCUT2D eigenvalue weighted by molar-refractivity contribution is 5.33. The molecule has 0 amide bonds. The number of anilines is 1. The van der Waals surface area contributed by atoms with Crippen molar-refractivity contribution in [3.63, 3.8) is 0 Å². The van der Waals surface area contributed by atoms with E-state index in [4.69, 9.17) is 4.74 Å². The van der Waals surface area contributed by atoms with Gasteiger partial charge in [-0.3, -0.25) is 4.98 Å². The minimum atomic E-state index is 0.121. The fourth-order valence-corrected chi connectivity index (χ4v) is 1.89. The molecule has 1 aromatic heterocycles. The number of aromatic nitrogens is 2. The van der Waals surface area contributed by atoms with Gasteiger partial charge in [0.15, 0.2) is 0 Å². The van der Waals surface area contributed by atoms with Crippen LogP contribution in [0.2, 0.25) is 0 Å². The van der Waals surface area contributed by atoms with Crippen molar-refractivity contribution in [1.29, 1.82) is 0 Å². The molecule has 5 heteroatoms. The molecule has 1 unspecified atom stereocenters.